The van der Waals surface area contributed by atoms with Crippen LogP contribution in [0.25, 0.3) is 0 Å². The van der Waals surface area contributed by atoms with Crippen molar-refractivity contribution in [3.63, 3.8) is 0 Å². The van der Waals surface area contributed by atoms with Gasteiger partial charge in [-0.3, -0.25) is 5.32 Å². The van der Waals surface area contributed by atoms with Gasteiger partial charge in [0.2, 0.25) is 0 Å². The molecule has 8 heteroatoms. The number of nitrogens with one attached hydrogen (secondary N) is 2. The maximum Gasteiger partial charge on any atom is 0.335 e. The summed E-state index contributed by atoms with van der Waals surface area (Å²) >= 11 is 4.56. The van der Waals surface area contributed by atoms with Crippen LogP contribution in [0.5, 0.6) is 0 Å². The summed E-state index contributed by atoms with van der Waals surface area (Å²) in [7, 11) is 0. The zero-order valence-electron chi connectivity index (χ0n) is 10.8. The number of carboxylic acids is 1. The third-order valence-electron chi connectivity index (χ3n) is 2.63. The van der Waals surface area contributed by atoms with Gasteiger partial charge in [-0.25, -0.2) is 14.6 Å². The highest BCUT2D eigenvalue weighted by molar-refractivity contribution is 9.11. The van der Waals surface area contributed by atoms with Crippen molar-refractivity contribution in [1.82, 2.24) is 10.3 Å². The number of aromatic carboxylic acids is 1. The van der Waals surface area contributed by atoms with Gasteiger partial charge in [0.1, 0.15) is 0 Å². The maximum atomic E-state index is 11.6. The van der Waals surface area contributed by atoms with E-state index in [4.69, 9.17) is 5.11 Å². The highest BCUT2D eigenvalue weighted by atomic mass is 79.9. The molecule has 0 unspecified atom stereocenters. The van der Waals surface area contributed by atoms with Crippen LogP contribution in [0.4, 0.5) is 9.93 Å². The molecule has 2 amide bonds. The Balaban J connectivity index is 1.84. The molecule has 2 aromatic rings. The fraction of sp³-hybridized carbons (Fsp3) is 0.154. The van der Waals surface area contributed by atoms with E-state index in [1.54, 1.807) is 30.5 Å². The summed E-state index contributed by atoms with van der Waals surface area (Å²) in [6.07, 6.45) is 2.04. The van der Waals surface area contributed by atoms with Crippen molar-refractivity contribution in [3.05, 3.63) is 45.4 Å². The van der Waals surface area contributed by atoms with Crippen LogP contribution in [0, 0.1) is 0 Å². The third-order valence-corrected chi connectivity index (χ3v) is 4.02. The minimum atomic E-state index is -0.970. The first-order valence-corrected chi connectivity index (χ1v) is 7.64. The Kier molecular flexibility index (Phi) is 5.29. The number of hydrogen-bond donors (Lipinski definition) is 3. The number of nitrogens with zero attached hydrogens (tertiary/aromatic N) is 1. The SMILES string of the molecule is O=C(NCCc1ccccc1C(=O)O)Nc1ncc(Br)s1. The highest BCUT2D eigenvalue weighted by Gasteiger charge is 2.09. The van der Waals surface area contributed by atoms with E-state index in [1.807, 2.05) is 0 Å². The largest absolute Gasteiger partial charge is 0.478 e. The van der Waals surface area contributed by atoms with Gasteiger partial charge < -0.3 is 10.4 Å². The fourth-order valence-electron chi connectivity index (χ4n) is 1.71. The lowest BCUT2D eigenvalue weighted by molar-refractivity contribution is 0.0695. The summed E-state index contributed by atoms with van der Waals surface area (Å²) < 4.78 is 0.827. The van der Waals surface area contributed by atoms with E-state index in [9.17, 15) is 9.59 Å². The normalized spacial score (nSPS) is 10.1. The molecular formula is C13H12BrN3O3S. The highest BCUT2D eigenvalue weighted by Crippen LogP contribution is 2.22. The van der Waals surface area contributed by atoms with Crippen LogP contribution in [0.15, 0.2) is 34.2 Å². The minimum absolute atomic E-state index is 0.253. The molecule has 0 aliphatic heterocycles. The Morgan fingerprint density at radius 2 is 2.10 bits per heavy atom. The first kappa shape index (κ1) is 15.5. The van der Waals surface area contributed by atoms with E-state index >= 15 is 0 Å². The van der Waals surface area contributed by atoms with Crippen molar-refractivity contribution in [3.8, 4) is 0 Å². The third kappa shape index (κ3) is 4.54. The molecule has 1 aromatic heterocycles. The zero-order chi connectivity index (χ0) is 15.2. The number of anilines is 1. The van der Waals surface area contributed by atoms with Crippen molar-refractivity contribution < 1.29 is 14.7 Å². The molecule has 0 fully saturated rings. The number of hydrogen-bond acceptors (Lipinski definition) is 4. The monoisotopic (exact) mass is 369 g/mol. The predicted molar refractivity (Wildman–Crippen MR) is 83.9 cm³/mol. The van der Waals surface area contributed by atoms with Crippen LogP contribution in [-0.4, -0.2) is 28.6 Å². The molecule has 0 aliphatic rings. The second-order valence-corrected chi connectivity index (χ2v) is 6.47. The van der Waals surface area contributed by atoms with Gasteiger partial charge in [0, 0.05) is 6.54 Å². The summed E-state index contributed by atoms with van der Waals surface area (Å²) in [5.74, 6) is -0.970. The number of urea groups is 1. The lowest BCUT2D eigenvalue weighted by Gasteiger charge is -2.07. The molecule has 21 heavy (non-hydrogen) atoms. The molecule has 1 aromatic carbocycles. The quantitative estimate of drug-likeness (QED) is 0.755. The molecule has 0 spiro atoms. The van der Waals surface area contributed by atoms with Gasteiger partial charge in [0.15, 0.2) is 5.13 Å². The van der Waals surface area contributed by atoms with Gasteiger partial charge in [0.25, 0.3) is 0 Å². The number of carboxylic acid groups (broad SMARTS) is 1. The molecule has 0 atom stereocenters. The molecule has 110 valence electrons. The van der Waals surface area contributed by atoms with Gasteiger partial charge in [-0.2, -0.15) is 0 Å². The average molecular weight is 370 g/mol. The minimum Gasteiger partial charge on any atom is -0.478 e. The maximum absolute atomic E-state index is 11.6. The molecule has 6 nitrogen and oxygen atoms in total. The number of halogens is 1. The van der Waals surface area contributed by atoms with Crippen LogP contribution in [-0.2, 0) is 6.42 Å². The summed E-state index contributed by atoms with van der Waals surface area (Å²) in [5, 5.41) is 14.8. The number of benzene rings is 1. The predicted octanol–water partition coefficient (Wildman–Crippen LogP) is 2.97. The fourth-order valence-corrected chi connectivity index (χ4v) is 2.81. The second-order valence-electron chi connectivity index (χ2n) is 4.06. The Morgan fingerprint density at radius 1 is 1.33 bits per heavy atom. The Morgan fingerprint density at radius 3 is 2.76 bits per heavy atom. The molecule has 0 saturated heterocycles. The molecule has 0 aliphatic carbocycles. The molecule has 0 bridgehead atoms. The van der Waals surface area contributed by atoms with Gasteiger partial charge in [-0.05, 0) is 34.0 Å². The topological polar surface area (TPSA) is 91.3 Å². The number of aromatic nitrogens is 1. The average Bonchev–Trinajstić information content (AvgIpc) is 2.84. The van der Waals surface area contributed by atoms with Gasteiger partial charge >= 0.3 is 12.0 Å². The first-order chi connectivity index (χ1) is 10.1. The van der Waals surface area contributed by atoms with E-state index < -0.39 is 5.97 Å². The second kappa shape index (κ2) is 7.19. The van der Waals surface area contributed by atoms with Crippen molar-refractivity contribution in [2.75, 3.05) is 11.9 Å². The van der Waals surface area contributed by atoms with Crippen LogP contribution in [0.3, 0.4) is 0 Å². The number of amides is 2. The summed E-state index contributed by atoms with van der Waals surface area (Å²) in [4.78, 5) is 26.7. The van der Waals surface area contributed by atoms with Crippen molar-refractivity contribution in [2.45, 2.75) is 6.42 Å². The molecule has 2 rings (SSSR count). The Labute approximate surface area is 133 Å². The van der Waals surface area contributed by atoms with E-state index in [1.165, 1.54) is 11.3 Å². The van der Waals surface area contributed by atoms with E-state index in [0.29, 0.717) is 23.7 Å². The van der Waals surface area contributed by atoms with Crippen molar-refractivity contribution in [1.29, 1.82) is 0 Å². The molecule has 0 saturated carbocycles. The van der Waals surface area contributed by atoms with Crippen LogP contribution in [0.1, 0.15) is 15.9 Å². The molecule has 0 radical (unpaired) electrons. The summed E-state index contributed by atoms with van der Waals surface area (Å²) in [6, 6.07) is 6.36. The van der Waals surface area contributed by atoms with Crippen LogP contribution >= 0.6 is 27.3 Å². The van der Waals surface area contributed by atoms with Crippen molar-refractivity contribution >= 4 is 44.4 Å². The summed E-state index contributed by atoms with van der Waals surface area (Å²) in [5.41, 5.74) is 0.936. The van der Waals surface area contributed by atoms with Gasteiger partial charge in [-0.1, -0.05) is 29.5 Å². The lowest BCUT2D eigenvalue weighted by Crippen LogP contribution is -2.30. The molecule has 3 N–H and O–H groups in total. The van der Waals surface area contributed by atoms with Gasteiger partial charge in [-0.15, -0.1) is 0 Å². The zero-order valence-corrected chi connectivity index (χ0v) is 13.2. The van der Waals surface area contributed by atoms with Crippen LogP contribution in [0.2, 0.25) is 0 Å². The first-order valence-electron chi connectivity index (χ1n) is 6.03. The van der Waals surface area contributed by atoms with Crippen molar-refractivity contribution in [2.24, 2.45) is 0 Å². The smallest absolute Gasteiger partial charge is 0.335 e. The van der Waals surface area contributed by atoms with E-state index in [-0.39, 0.29) is 11.6 Å². The molecular weight excluding hydrogens is 358 g/mol. The standard InChI is InChI=1S/C13H12BrN3O3S/c14-10-7-16-13(21-10)17-12(20)15-6-5-8-3-1-2-4-9(8)11(18)19/h1-4,7H,5-6H2,(H,18,19)(H2,15,16,17,20). The van der Waals surface area contributed by atoms with Gasteiger partial charge in [0.05, 0.1) is 15.5 Å². The lowest BCUT2D eigenvalue weighted by atomic mass is 10.0. The number of rotatable bonds is 5. The van der Waals surface area contributed by atoms with E-state index in [0.717, 1.165) is 3.79 Å². The van der Waals surface area contributed by atoms with E-state index in [2.05, 4.69) is 31.5 Å². The number of thiazole rings is 1. The van der Waals surface area contributed by atoms with Crippen LogP contribution < -0.4 is 10.6 Å². The Bertz CT molecular complexity index is 660. The summed E-state index contributed by atoms with van der Waals surface area (Å²) in [6.45, 7) is 0.336. The number of carbonyl (C=O) groups excluding carboxylic acids is 1. The molecule has 1 heterocycles. The Hall–Kier alpha value is -1.93. The number of carbonyl (C=O) groups is 2.